The molecule has 3 rings (SSSR count). The van der Waals surface area contributed by atoms with Gasteiger partial charge < -0.3 is 21.5 Å². The molecule has 170 valence electrons. The molecule has 2 atom stereocenters. The fourth-order valence-corrected chi connectivity index (χ4v) is 4.38. The number of nitrogens with two attached hydrogens (primary N) is 1. The Bertz CT molecular complexity index is 949. The molecule has 1 aliphatic rings. The third kappa shape index (κ3) is 5.44. The van der Waals surface area contributed by atoms with Gasteiger partial charge in [0.25, 0.3) is 0 Å². The Kier molecular flexibility index (Phi) is 8.21. The molecule has 5 N–H and O–H groups in total. The molecule has 1 fully saturated rings. The molecule has 0 spiro atoms. The van der Waals surface area contributed by atoms with Crippen LogP contribution in [0.4, 0.5) is 0 Å². The van der Waals surface area contributed by atoms with Gasteiger partial charge in [-0.3, -0.25) is 9.59 Å². The van der Waals surface area contributed by atoms with Crippen LogP contribution in [0.5, 0.6) is 5.75 Å². The standard InChI is InChI=1S/C22H30N4O3S.ClH/c1-12-19(30-11-26-12)14-8-7-13(10-25-21(29)15-6-5-9-24-15)17(27)16(14)18(28)20(23)22(2,3)4;/h7-8,11,15,20,24,27H,5-6,9-10,23H2,1-4H3,(H,25,29);1H/t15?,20-;/m1./s1. The largest absolute Gasteiger partial charge is 0.507 e. The predicted molar refractivity (Wildman–Crippen MR) is 126 cm³/mol. The van der Waals surface area contributed by atoms with Gasteiger partial charge in [-0.25, -0.2) is 4.98 Å². The highest BCUT2D eigenvalue weighted by Gasteiger charge is 2.33. The summed E-state index contributed by atoms with van der Waals surface area (Å²) in [6, 6.07) is 2.55. The van der Waals surface area contributed by atoms with Gasteiger partial charge in [-0.2, -0.15) is 0 Å². The summed E-state index contributed by atoms with van der Waals surface area (Å²) in [5.74, 6) is -0.563. The van der Waals surface area contributed by atoms with Gasteiger partial charge in [0, 0.05) is 17.7 Å². The van der Waals surface area contributed by atoms with Gasteiger partial charge in [-0.1, -0.05) is 32.9 Å². The van der Waals surface area contributed by atoms with E-state index in [1.54, 1.807) is 17.6 Å². The zero-order valence-corrected chi connectivity index (χ0v) is 20.0. The summed E-state index contributed by atoms with van der Waals surface area (Å²) in [6.45, 7) is 8.50. The number of hydrogen-bond donors (Lipinski definition) is 4. The summed E-state index contributed by atoms with van der Waals surface area (Å²) in [4.78, 5) is 30.8. The van der Waals surface area contributed by atoms with Crippen molar-refractivity contribution in [3.63, 3.8) is 0 Å². The van der Waals surface area contributed by atoms with E-state index in [4.69, 9.17) is 5.73 Å². The van der Waals surface area contributed by atoms with E-state index in [1.165, 1.54) is 11.3 Å². The number of thiazole rings is 1. The first-order valence-corrected chi connectivity index (χ1v) is 11.1. The molecule has 2 heterocycles. The first-order chi connectivity index (χ1) is 14.1. The normalized spacial score (nSPS) is 17.1. The second-order valence-electron chi connectivity index (χ2n) is 8.84. The van der Waals surface area contributed by atoms with Crippen LogP contribution in [0.25, 0.3) is 10.4 Å². The minimum absolute atomic E-state index is 0. The van der Waals surface area contributed by atoms with Crippen LogP contribution in [-0.2, 0) is 11.3 Å². The van der Waals surface area contributed by atoms with E-state index < -0.39 is 11.5 Å². The third-order valence-corrected chi connectivity index (χ3v) is 6.51. The number of Topliss-reactive ketones (excluding diaryl/α,β-unsaturated/α-hetero) is 1. The first kappa shape index (κ1) is 25.3. The number of halogens is 1. The lowest BCUT2D eigenvalue weighted by Gasteiger charge is -2.27. The molecule has 1 unspecified atom stereocenters. The average Bonchev–Trinajstić information content (AvgIpc) is 3.36. The number of aromatic nitrogens is 1. The van der Waals surface area contributed by atoms with Crippen LogP contribution in [0.3, 0.4) is 0 Å². The molecule has 0 bridgehead atoms. The maximum Gasteiger partial charge on any atom is 0.237 e. The van der Waals surface area contributed by atoms with Crippen molar-refractivity contribution < 1.29 is 14.7 Å². The van der Waals surface area contributed by atoms with Crippen molar-refractivity contribution in [1.29, 1.82) is 0 Å². The van der Waals surface area contributed by atoms with E-state index in [2.05, 4.69) is 15.6 Å². The molecular formula is C22H31ClN4O3S. The number of amides is 1. The number of hydrogen-bond acceptors (Lipinski definition) is 7. The number of benzene rings is 1. The number of rotatable bonds is 6. The van der Waals surface area contributed by atoms with Crippen molar-refractivity contribution in [1.82, 2.24) is 15.6 Å². The number of ketones is 1. The number of carbonyl (C=O) groups is 2. The van der Waals surface area contributed by atoms with Crippen LogP contribution >= 0.6 is 23.7 Å². The van der Waals surface area contributed by atoms with E-state index in [9.17, 15) is 14.7 Å². The van der Waals surface area contributed by atoms with Crippen molar-refractivity contribution in [3.05, 3.63) is 34.5 Å². The number of carbonyl (C=O) groups excluding carboxylic acids is 2. The monoisotopic (exact) mass is 466 g/mol. The lowest BCUT2D eigenvalue weighted by Crippen LogP contribution is -2.42. The van der Waals surface area contributed by atoms with E-state index in [0.717, 1.165) is 30.0 Å². The van der Waals surface area contributed by atoms with E-state index in [-0.39, 0.29) is 48.0 Å². The van der Waals surface area contributed by atoms with Crippen molar-refractivity contribution in [3.8, 4) is 16.2 Å². The van der Waals surface area contributed by atoms with E-state index >= 15 is 0 Å². The molecule has 1 aliphatic heterocycles. The average molecular weight is 467 g/mol. The number of aryl methyl sites for hydroxylation is 1. The number of nitrogens with zero attached hydrogens (tertiary/aromatic N) is 1. The second kappa shape index (κ2) is 10.1. The summed E-state index contributed by atoms with van der Waals surface area (Å²) in [5.41, 5.74) is 9.57. The minimum Gasteiger partial charge on any atom is -0.507 e. The highest BCUT2D eigenvalue weighted by Crippen LogP contribution is 2.38. The predicted octanol–water partition coefficient (Wildman–Crippen LogP) is 3.17. The second-order valence-corrected chi connectivity index (χ2v) is 9.69. The minimum atomic E-state index is -0.789. The highest BCUT2D eigenvalue weighted by atomic mass is 35.5. The lowest BCUT2D eigenvalue weighted by atomic mass is 9.81. The van der Waals surface area contributed by atoms with Crippen LogP contribution < -0.4 is 16.4 Å². The molecule has 31 heavy (non-hydrogen) atoms. The van der Waals surface area contributed by atoms with Crippen molar-refractivity contribution in [2.45, 2.75) is 59.2 Å². The lowest BCUT2D eigenvalue weighted by molar-refractivity contribution is -0.122. The van der Waals surface area contributed by atoms with Gasteiger partial charge in [-0.15, -0.1) is 23.7 Å². The van der Waals surface area contributed by atoms with Crippen LogP contribution in [0, 0.1) is 12.3 Å². The Hall–Kier alpha value is -2.00. The molecule has 0 saturated carbocycles. The van der Waals surface area contributed by atoms with Crippen molar-refractivity contribution in [2.24, 2.45) is 11.1 Å². The summed E-state index contributed by atoms with van der Waals surface area (Å²) in [6.07, 6.45) is 1.77. The van der Waals surface area contributed by atoms with Crippen LogP contribution in [0.1, 0.15) is 55.2 Å². The van der Waals surface area contributed by atoms with Gasteiger partial charge in [0.1, 0.15) is 5.75 Å². The summed E-state index contributed by atoms with van der Waals surface area (Å²) in [7, 11) is 0. The van der Waals surface area contributed by atoms with E-state index in [1.807, 2.05) is 27.7 Å². The molecule has 7 nitrogen and oxygen atoms in total. The van der Waals surface area contributed by atoms with Crippen molar-refractivity contribution >= 4 is 35.4 Å². The molecule has 0 radical (unpaired) electrons. The summed E-state index contributed by atoms with van der Waals surface area (Å²) in [5, 5.41) is 17.1. The maximum atomic E-state index is 13.3. The Morgan fingerprint density at radius 3 is 2.65 bits per heavy atom. The van der Waals surface area contributed by atoms with Gasteiger partial charge in [-0.05, 0) is 31.7 Å². The summed E-state index contributed by atoms with van der Waals surface area (Å²) < 4.78 is 0. The van der Waals surface area contributed by atoms with Gasteiger partial charge in [0.05, 0.1) is 33.7 Å². The van der Waals surface area contributed by atoms with Crippen LogP contribution in [-0.4, -0.2) is 40.4 Å². The zero-order valence-electron chi connectivity index (χ0n) is 18.3. The SMILES string of the molecule is Cc1ncsc1-c1ccc(CNC(=O)C2CCCN2)c(O)c1C(=O)[C@@H](N)C(C)(C)C.Cl. The van der Waals surface area contributed by atoms with Gasteiger partial charge in [0.15, 0.2) is 5.78 Å². The number of nitrogens with one attached hydrogen (secondary N) is 2. The Morgan fingerprint density at radius 2 is 2.10 bits per heavy atom. The molecule has 1 saturated heterocycles. The Balaban J connectivity index is 0.00000341. The molecule has 2 aromatic rings. The van der Waals surface area contributed by atoms with Crippen LogP contribution in [0.15, 0.2) is 17.6 Å². The molecule has 1 aromatic carbocycles. The molecule has 1 aromatic heterocycles. The fraction of sp³-hybridized carbons (Fsp3) is 0.500. The molecule has 9 heteroatoms. The first-order valence-electron chi connectivity index (χ1n) is 10.2. The van der Waals surface area contributed by atoms with Gasteiger partial charge >= 0.3 is 0 Å². The molecule has 0 aliphatic carbocycles. The van der Waals surface area contributed by atoms with E-state index in [0.29, 0.717) is 11.1 Å². The van der Waals surface area contributed by atoms with Crippen molar-refractivity contribution in [2.75, 3.05) is 6.54 Å². The van der Waals surface area contributed by atoms with Crippen LogP contribution in [0.2, 0.25) is 0 Å². The third-order valence-electron chi connectivity index (χ3n) is 5.54. The maximum absolute atomic E-state index is 13.3. The van der Waals surface area contributed by atoms with Gasteiger partial charge in [0.2, 0.25) is 5.91 Å². The Labute approximate surface area is 193 Å². The molecular weight excluding hydrogens is 436 g/mol. The fourth-order valence-electron chi connectivity index (χ4n) is 3.54. The summed E-state index contributed by atoms with van der Waals surface area (Å²) >= 11 is 1.41. The number of phenolic OH excluding ortho intramolecular Hbond substituents is 1. The quantitative estimate of drug-likeness (QED) is 0.486. The zero-order chi connectivity index (χ0) is 22.1. The molecule has 1 amide bonds. The number of aromatic hydroxyl groups is 1. The highest BCUT2D eigenvalue weighted by molar-refractivity contribution is 7.13. The topological polar surface area (TPSA) is 117 Å². The smallest absolute Gasteiger partial charge is 0.237 e. The Morgan fingerprint density at radius 1 is 1.39 bits per heavy atom. The number of phenols is 1.